The van der Waals surface area contributed by atoms with E-state index in [0.717, 1.165) is 0 Å². The Morgan fingerprint density at radius 2 is 1.41 bits per heavy atom. The van der Waals surface area contributed by atoms with Gasteiger partial charge in [-0.3, -0.25) is 0 Å². The lowest BCUT2D eigenvalue weighted by atomic mass is 10.0. The zero-order chi connectivity index (χ0) is 15.1. The number of hydrogen-bond acceptors (Lipinski definition) is 0. The molecule has 0 saturated carbocycles. The summed E-state index contributed by atoms with van der Waals surface area (Å²) in [6.45, 7) is 0. The predicted octanol–water partition coefficient (Wildman–Crippen LogP) is 2.90. The number of nitrogens with zero attached hydrogens (tertiary/aromatic N) is 2. The number of aryl methyl sites for hydroxylation is 2. The molecule has 2 nitrogen and oxygen atoms in total. The number of aromatic nitrogens is 2. The van der Waals surface area contributed by atoms with Gasteiger partial charge in [0, 0.05) is 18.2 Å². The molecule has 0 spiro atoms. The highest BCUT2D eigenvalue weighted by atomic mass is 14.9. The number of pyridine rings is 2. The van der Waals surface area contributed by atoms with E-state index in [2.05, 4.69) is 89.4 Å². The van der Waals surface area contributed by atoms with Crippen molar-refractivity contribution in [1.29, 1.82) is 0 Å². The van der Waals surface area contributed by atoms with Crippen LogP contribution in [0.15, 0.2) is 67.1 Å². The zero-order valence-electron chi connectivity index (χ0n) is 12.8. The van der Waals surface area contributed by atoms with Crippen LogP contribution in [0.25, 0.3) is 22.8 Å². The lowest BCUT2D eigenvalue weighted by Crippen LogP contribution is -2.32. The lowest BCUT2D eigenvalue weighted by molar-refractivity contribution is -0.673. The van der Waals surface area contributed by atoms with Crippen LogP contribution in [0.4, 0.5) is 0 Å². The molecule has 0 aliphatic heterocycles. The van der Waals surface area contributed by atoms with E-state index in [-0.39, 0.29) is 0 Å². The minimum atomic E-state index is 1.22. The molecule has 2 heterocycles. The van der Waals surface area contributed by atoms with Gasteiger partial charge in [-0.05, 0) is 28.8 Å². The quantitative estimate of drug-likeness (QED) is 0.475. The second-order valence-corrected chi connectivity index (χ2v) is 5.78. The molecule has 0 unspecified atom stereocenters. The highest BCUT2D eigenvalue weighted by molar-refractivity contribution is 6.04. The zero-order valence-corrected chi connectivity index (χ0v) is 12.8. The molecule has 0 amide bonds. The molecule has 3 aromatic rings. The summed E-state index contributed by atoms with van der Waals surface area (Å²) >= 11 is 0. The van der Waals surface area contributed by atoms with Gasteiger partial charge < -0.3 is 0 Å². The third-order valence-electron chi connectivity index (χ3n) is 4.26. The number of hydrogen-bond donors (Lipinski definition) is 0. The molecular formula is C20H18N2+2. The molecule has 0 fully saturated rings. The standard InChI is InChI=1S/C20H18N2/c1-21-12-9-15(10-13-21)14-19-17-7-4-3-6-16(17)18-8-5-11-22(2)20(18)19/h3-14H,1-2H3/q+2/b19-14+. The fourth-order valence-corrected chi connectivity index (χ4v) is 3.17. The van der Waals surface area contributed by atoms with Gasteiger partial charge in [-0.25, -0.2) is 9.13 Å². The third kappa shape index (κ3) is 1.96. The van der Waals surface area contributed by atoms with E-state index in [1.807, 2.05) is 7.05 Å². The molecule has 0 atom stereocenters. The van der Waals surface area contributed by atoms with Crippen molar-refractivity contribution in [1.82, 2.24) is 0 Å². The van der Waals surface area contributed by atoms with E-state index in [1.165, 1.54) is 33.5 Å². The fraction of sp³-hybridized carbons (Fsp3) is 0.100. The molecule has 1 aliphatic rings. The van der Waals surface area contributed by atoms with Gasteiger partial charge in [0.2, 0.25) is 5.69 Å². The molecule has 2 heteroatoms. The van der Waals surface area contributed by atoms with Crippen LogP contribution < -0.4 is 9.13 Å². The molecule has 22 heavy (non-hydrogen) atoms. The first-order valence-electron chi connectivity index (χ1n) is 7.50. The first-order valence-corrected chi connectivity index (χ1v) is 7.50. The van der Waals surface area contributed by atoms with Crippen LogP contribution in [-0.4, -0.2) is 0 Å². The summed E-state index contributed by atoms with van der Waals surface area (Å²) in [5.74, 6) is 0. The molecule has 0 radical (unpaired) electrons. The Morgan fingerprint density at radius 1 is 0.727 bits per heavy atom. The van der Waals surface area contributed by atoms with Crippen molar-refractivity contribution in [3.05, 3.63) is 83.9 Å². The van der Waals surface area contributed by atoms with Crippen molar-refractivity contribution in [2.45, 2.75) is 0 Å². The normalized spacial score (nSPS) is 14.0. The average molecular weight is 286 g/mol. The summed E-state index contributed by atoms with van der Waals surface area (Å²) < 4.78 is 4.27. The molecule has 4 rings (SSSR count). The summed E-state index contributed by atoms with van der Waals surface area (Å²) in [6.07, 6.45) is 8.56. The van der Waals surface area contributed by atoms with E-state index in [1.54, 1.807) is 0 Å². The van der Waals surface area contributed by atoms with Gasteiger partial charge in [0.1, 0.15) is 14.1 Å². The molecule has 0 saturated heterocycles. The van der Waals surface area contributed by atoms with Crippen LogP contribution in [0, 0.1) is 0 Å². The Morgan fingerprint density at radius 3 is 2.18 bits per heavy atom. The van der Waals surface area contributed by atoms with E-state index >= 15 is 0 Å². The smallest absolute Gasteiger partial charge is 0.208 e. The summed E-state index contributed by atoms with van der Waals surface area (Å²) in [4.78, 5) is 0. The maximum atomic E-state index is 2.28. The minimum Gasteiger partial charge on any atom is -0.208 e. The molecule has 0 bridgehead atoms. The molecule has 1 aliphatic carbocycles. The molecule has 0 N–H and O–H groups in total. The van der Waals surface area contributed by atoms with E-state index in [9.17, 15) is 0 Å². The summed E-state index contributed by atoms with van der Waals surface area (Å²) in [5, 5.41) is 0. The fourth-order valence-electron chi connectivity index (χ4n) is 3.17. The highest BCUT2D eigenvalue weighted by Crippen LogP contribution is 2.42. The van der Waals surface area contributed by atoms with Crippen molar-refractivity contribution >= 4 is 11.6 Å². The van der Waals surface area contributed by atoms with Crippen molar-refractivity contribution in [3.8, 4) is 11.1 Å². The van der Waals surface area contributed by atoms with Gasteiger partial charge in [0.05, 0.1) is 11.1 Å². The second kappa shape index (κ2) is 4.92. The number of rotatable bonds is 1. The van der Waals surface area contributed by atoms with Crippen LogP contribution in [0.1, 0.15) is 16.8 Å². The van der Waals surface area contributed by atoms with Gasteiger partial charge in [0.15, 0.2) is 18.6 Å². The van der Waals surface area contributed by atoms with Gasteiger partial charge >= 0.3 is 0 Å². The largest absolute Gasteiger partial charge is 0.220 e. The summed E-state index contributed by atoms with van der Waals surface area (Å²) in [6, 6.07) is 17.3. The first kappa shape index (κ1) is 13.0. The van der Waals surface area contributed by atoms with Crippen LogP contribution in [-0.2, 0) is 14.1 Å². The van der Waals surface area contributed by atoms with Crippen molar-refractivity contribution in [2.24, 2.45) is 14.1 Å². The second-order valence-electron chi connectivity index (χ2n) is 5.78. The predicted molar refractivity (Wildman–Crippen MR) is 87.6 cm³/mol. The molecular weight excluding hydrogens is 268 g/mol. The minimum absolute atomic E-state index is 1.22. The van der Waals surface area contributed by atoms with E-state index in [0.29, 0.717) is 0 Å². The molecule has 1 aromatic carbocycles. The Kier molecular flexibility index (Phi) is 2.90. The maximum absolute atomic E-state index is 2.28. The van der Waals surface area contributed by atoms with Crippen LogP contribution in [0.2, 0.25) is 0 Å². The van der Waals surface area contributed by atoms with Crippen molar-refractivity contribution in [2.75, 3.05) is 0 Å². The maximum Gasteiger partial charge on any atom is 0.220 e. The highest BCUT2D eigenvalue weighted by Gasteiger charge is 2.30. The first-order chi connectivity index (χ1) is 10.7. The third-order valence-corrected chi connectivity index (χ3v) is 4.26. The van der Waals surface area contributed by atoms with Crippen LogP contribution in [0.5, 0.6) is 0 Å². The topological polar surface area (TPSA) is 7.76 Å². The van der Waals surface area contributed by atoms with E-state index < -0.39 is 0 Å². The number of benzene rings is 1. The summed E-state index contributed by atoms with van der Waals surface area (Å²) in [5.41, 5.74) is 7.75. The Hall–Kier alpha value is -2.74. The molecule has 2 aromatic heterocycles. The Labute approximate surface area is 130 Å². The SMILES string of the molecule is C[n+]1ccc(/C=C2\c3ccccc3-c3ccc[n+](C)c32)cc1. The van der Waals surface area contributed by atoms with Crippen molar-refractivity contribution in [3.63, 3.8) is 0 Å². The van der Waals surface area contributed by atoms with Crippen LogP contribution >= 0.6 is 0 Å². The van der Waals surface area contributed by atoms with Crippen molar-refractivity contribution < 1.29 is 9.13 Å². The van der Waals surface area contributed by atoms with Gasteiger partial charge in [-0.15, -0.1) is 0 Å². The number of fused-ring (bicyclic) bond motifs is 3. The Bertz CT molecular complexity index is 890. The van der Waals surface area contributed by atoms with E-state index in [4.69, 9.17) is 0 Å². The van der Waals surface area contributed by atoms with Gasteiger partial charge in [0.25, 0.3) is 0 Å². The monoisotopic (exact) mass is 286 g/mol. The van der Waals surface area contributed by atoms with Crippen LogP contribution in [0.3, 0.4) is 0 Å². The molecule has 106 valence electrons. The average Bonchev–Trinajstić information content (AvgIpc) is 2.86. The van der Waals surface area contributed by atoms with Gasteiger partial charge in [-0.1, -0.05) is 24.3 Å². The summed E-state index contributed by atoms with van der Waals surface area (Å²) in [7, 11) is 4.15. The van der Waals surface area contributed by atoms with Gasteiger partial charge in [-0.2, -0.15) is 0 Å². The lowest BCUT2D eigenvalue weighted by Gasteiger charge is -2.01. The Balaban J connectivity index is 1.98.